The molecule has 0 saturated heterocycles. The lowest BCUT2D eigenvalue weighted by molar-refractivity contribution is 0.0595. The van der Waals surface area contributed by atoms with Gasteiger partial charge in [0.2, 0.25) is 0 Å². The molecule has 2 aromatic rings. The maximum absolute atomic E-state index is 12.8. The molecule has 6 heteroatoms. The van der Waals surface area contributed by atoms with Gasteiger partial charge in [0.1, 0.15) is 5.82 Å². The van der Waals surface area contributed by atoms with Crippen molar-refractivity contribution in [3.8, 4) is 11.3 Å². The van der Waals surface area contributed by atoms with Crippen LogP contribution in [0, 0.1) is 5.82 Å². The first kappa shape index (κ1) is 11.6. The van der Waals surface area contributed by atoms with E-state index in [2.05, 4.69) is 9.72 Å². The van der Waals surface area contributed by atoms with Crippen LogP contribution >= 0.6 is 11.6 Å². The summed E-state index contributed by atoms with van der Waals surface area (Å²) in [4.78, 5) is 15.1. The Morgan fingerprint density at radius 2 is 2.06 bits per heavy atom. The fourth-order valence-electron chi connectivity index (χ4n) is 1.33. The number of hydrogen-bond donors (Lipinski definition) is 0. The van der Waals surface area contributed by atoms with Gasteiger partial charge in [0, 0.05) is 5.56 Å². The van der Waals surface area contributed by atoms with Crippen LogP contribution in [0.25, 0.3) is 11.3 Å². The smallest absolute Gasteiger partial charge is 0.360 e. The molecule has 0 amide bonds. The number of rotatable bonds is 2. The molecule has 0 aliphatic rings. The lowest BCUT2D eigenvalue weighted by Gasteiger charge is -1.99. The van der Waals surface area contributed by atoms with Crippen LogP contribution in [-0.4, -0.2) is 18.1 Å². The van der Waals surface area contributed by atoms with E-state index in [-0.39, 0.29) is 22.6 Å². The molecule has 0 N–H and O–H groups in total. The van der Waals surface area contributed by atoms with Crippen LogP contribution in [0.1, 0.15) is 10.5 Å². The number of hydrogen-bond acceptors (Lipinski definition) is 4. The van der Waals surface area contributed by atoms with Gasteiger partial charge in [-0.25, -0.2) is 9.18 Å². The molecule has 0 aliphatic carbocycles. The number of ether oxygens (including phenoxy) is 1. The van der Waals surface area contributed by atoms with E-state index in [0.29, 0.717) is 5.56 Å². The molecule has 17 heavy (non-hydrogen) atoms. The summed E-state index contributed by atoms with van der Waals surface area (Å²) in [6.45, 7) is 0. The molecule has 0 unspecified atom stereocenters. The number of carbonyl (C=O) groups excluding carboxylic acids is 1. The van der Waals surface area contributed by atoms with E-state index < -0.39 is 5.97 Å². The summed E-state index contributed by atoms with van der Waals surface area (Å²) >= 11 is 5.59. The Morgan fingerprint density at radius 3 is 2.65 bits per heavy atom. The number of halogens is 2. The van der Waals surface area contributed by atoms with Crippen LogP contribution in [0.15, 0.2) is 28.7 Å². The molecular weight excluding hydrogens is 249 g/mol. The second-order valence-electron chi connectivity index (χ2n) is 3.14. The average molecular weight is 256 g/mol. The second kappa shape index (κ2) is 4.55. The highest BCUT2D eigenvalue weighted by Crippen LogP contribution is 2.27. The normalized spacial score (nSPS) is 10.3. The predicted molar refractivity (Wildman–Crippen MR) is 58.2 cm³/mol. The van der Waals surface area contributed by atoms with E-state index in [1.165, 1.54) is 31.4 Å². The number of methoxy groups -OCH3 is 1. The molecular formula is C11H7ClFNO3. The van der Waals surface area contributed by atoms with E-state index in [1.54, 1.807) is 0 Å². The lowest BCUT2D eigenvalue weighted by Crippen LogP contribution is -2.03. The fraction of sp³-hybridized carbons (Fsp3) is 0.0909. The zero-order chi connectivity index (χ0) is 12.4. The Balaban J connectivity index is 2.51. The molecule has 0 aliphatic heterocycles. The average Bonchev–Trinajstić information content (AvgIpc) is 2.71. The molecule has 1 aromatic carbocycles. The first-order valence-electron chi connectivity index (χ1n) is 4.62. The van der Waals surface area contributed by atoms with Gasteiger partial charge < -0.3 is 9.15 Å². The molecule has 88 valence electrons. The van der Waals surface area contributed by atoms with Gasteiger partial charge in [-0.05, 0) is 35.9 Å². The summed E-state index contributed by atoms with van der Waals surface area (Å²) < 4.78 is 22.4. The molecule has 1 heterocycles. The van der Waals surface area contributed by atoms with E-state index in [0.717, 1.165) is 0 Å². The maximum Gasteiger partial charge on any atom is 0.360 e. The highest BCUT2D eigenvalue weighted by Gasteiger charge is 2.21. The van der Waals surface area contributed by atoms with Crippen LogP contribution in [0.2, 0.25) is 5.35 Å². The third-order valence-corrected chi connectivity index (χ3v) is 2.25. The molecule has 0 saturated carbocycles. The molecule has 0 radical (unpaired) electrons. The molecule has 0 fully saturated rings. The summed E-state index contributed by atoms with van der Waals surface area (Å²) in [5, 5.41) is -0.176. The Hall–Kier alpha value is -1.88. The summed E-state index contributed by atoms with van der Waals surface area (Å²) in [5.74, 6) is -0.902. The third kappa shape index (κ3) is 2.29. The molecule has 0 atom stereocenters. The summed E-state index contributed by atoms with van der Waals surface area (Å²) in [6, 6.07) is 5.40. The van der Waals surface area contributed by atoms with Crippen molar-refractivity contribution in [2.24, 2.45) is 0 Å². The molecule has 4 nitrogen and oxygen atoms in total. The van der Waals surface area contributed by atoms with Crippen molar-refractivity contribution in [2.45, 2.75) is 0 Å². The Kier molecular flexibility index (Phi) is 3.10. The minimum atomic E-state index is -0.667. The zero-order valence-corrected chi connectivity index (χ0v) is 9.49. The largest absolute Gasteiger partial charge is 0.464 e. The van der Waals surface area contributed by atoms with Crippen molar-refractivity contribution in [1.29, 1.82) is 0 Å². The van der Waals surface area contributed by atoms with Crippen molar-refractivity contribution < 1.29 is 18.3 Å². The molecule has 0 spiro atoms. The lowest BCUT2D eigenvalue weighted by atomic mass is 10.1. The number of aromatic nitrogens is 1. The first-order chi connectivity index (χ1) is 8.11. The fourth-order valence-corrected chi connectivity index (χ4v) is 1.49. The summed E-state index contributed by atoms with van der Waals surface area (Å²) in [6.07, 6.45) is 0. The second-order valence-corrected chi connectivity index (χ2v) is 3.47. The number of oxazole rings is 1. The topological polar surface area (TPSA) is 52.3 Å². The minimum absolute atomic E-state index is 0.0379. The van der Waals surface area contributed by atoms with Crippen molar-refractivity contribution >= 4 is 17.6 Å². The van der Waals surface area contributed by atoms with Crippen LogP contribution < -0.4 is 0 Å². The summed E-state index contributed by atoms with van der Waals surface area (Å²) in [7, 11) is 1.22. The number of nitrogens with zero attached hydrogens (tertiary/aromatic N) is 1. The van der Waals surface area contributed by atoms with Gasteiger partial charge in [-0.1, -0.05) is 0 Å². The van der Waals surface area contributed by atoms with Gasteiger partial charge in [-0.3, -0.25) is 0 Å². The van der Waals surface area contributed by atoms with Crippen molar-refractivity contribution in [3.05, 3.63) is 41.1 Å². The number of carbonyl (C=O) groups is 1. The Labute approximate surface area is 101 Å². The van der Waals surface area contributed by atoms with E-state index >= 15 is 0 Å². The van der Waals surface area contributed by atoms with Gasteiger partial charge in [0.05, 0.1) is 7.11 Å². The van der Waals surface area contributed by atoms with Crippen molar-refractivity contribution in [1.82, 2.24) is 4.98 Å². The summed E-state index contributed by atoms with van der Waals surface area (Å²) in [5.41, 5.74) is 0.454. The van der Waals surface area contributed by atoms with Crippen molar-refractivity contribution in [2.75, 3.05) is 7.11 Å². The van der Waals surface area contributed by atoms with Crippen LogP contribution in [0.3, 0.4) is 0 Å². The van der Waals surface area contributed by atoms with Crippen LogP contribution in [0.4, 0.5) is 4.39 Å². The van der Waals surface area contributed by atoms with Gasteiger partial charge in [-0.15, -0.1) is 0 Å². The number of esters is 1. The first-order valence-corrected chi connectivity index (χ1v) is 5.00. The van der Waals surface area contributed by atoms with Gasteiger partial charge in [0.15, 0.2) is 11.5 Å². The highest BCUT2D eigenvalue weighted by molar-refractivity contribution is 6.28. The minimum Gasteiger partial charge on any atom is -0.464 e. The van der Waals surface area contributed by atoms with Crippen molar-refractivity contribution in [3.63, 3.8) is 0 Å². The van der Waals surface area contributed by atoms with Crippen LogP contribution in [-0.2, 0) is 4.74 Å². The van der Waals surface area contributed by atoms with E-state index in [1.807, 2.05) is 0 Å². The van der Waals surface area contributed by atoms with E-state index in [4.69, 9.17) is 16.0 Å². The Morgan fingerprint density at radius 1 is 1.41 bits per heavy atom. The standard InChI is InChI=1S/C11H7ClFNO3/c1-16-10(15)8-9(17-11(12)14-8)6-2-4-7(13)5-3-6/h2-5H,1H3. The van der Waals surface area contributed by atoms with Gasteiger partial charge in [0.25, 0.3) is 5.35 Å². The maximum atomic E-state index is 12.8. The van der Waals surface area contributed by atoms with Crippen LogP contribution in [0.5, 0.6) is 0 Å². The SMILES string of the molecule is COC(=O)c1nc(Cl)oc1-c1ccc(F)cc1. The molecule has 2 rings (SSSR count). The monoisotopic (exact) mass is 255 g/mol. The van der Waals surface area contributed by atoms with Gasteiger partial charge in [-0.2, -0.15) is 4.98 Å². The highest BCUT2D eigenvalue weighted by atomic mass is 35.5. The third-order valence-electron chi connectivity index (χ3n) is 2.09. The predicted octanol–water partition coefficient (Wildman–Crippen LogP) is 2.92. The zero-order valence-electron chi connectivity index (χ0n) is 8.74. The van der Waals surface area contributed by atoms with Gasteiger partial charge >= 0.3 is 5.97 Å². The Bertz CT molecular complexity index is 550. The number of benzene rings is 1. The van der Waals surface area contributed by atoms with E-state index in [9.17, 15) is 9.18 Å². The molecule has 1 aromatic heterocycles. The quantitative estimate of drug-likeness (QED) is 0.774. The molecule has 0 bridgehead atoms.